The number of benzene rings is 2. The number of aliphatic hydroxyl groups excluding tert-OH is 3. The molecule has 0 aliphatic rings. The Bertz CT molecular complexity index is 627. The molecule has 140 valence electrons. The summed E-state index contributed by atoms with van der Waals surface area (Å²) < 4.78 is 10.7. The van der Waals surface area contributed by atoms with Crippen LogP contribution in [0.1, 0.15) is 15.9 Å². The Hall–Kier alpha value is -2.12. The Morgan fingerprint density at radius 3 is 1.65 bits per heavy atom. The molecule has 0 aromatic heterocycles. The highest BCUT2D eigenvalue weighted by Crippen LogP contribution is 2.18. The van der Waals surface area contributed by atoms with Gasteiger partial charge >= 0.3 is 0 Å². The first-order valence-corrected chi connectivity index (χ1v) is 8.60. The number of rotatable bonds is 10. The van der Waals surface area contributed by atoms with Crippen LogP contribution < -0.4 is 9.47 Å². The van der Waals surface area contributed by atoms with Gasteiger partial charge in [-0.1, -0.05) is 0 Å². The minimum atomic E-state index is -0.942. The standard InChI is InChI=1S/C19H21ClO6/c20-9-15(22)11-25-17-5-1-13(2-6-17)19(24)14-3-7-18(8-4-14)26-12-16(23)10-21/h1-8,15-16,21-23H,9-12H2. The minimum absolute atomic E-state index is 0.0241. The third-order valence-corrected chi connectivity index (χ3v) is 3.86. The van der Waals surface area contributed by atoms with E-state index in [1.165, 1.54) is 0 Å². The summed E-state index contributed by atoms with van der Waals surface area (Å²) in [6.45, 7) is -0.311. The van der Waals surface area contributed by atoms with Crippen LogP contribution in [0.3, 0.4) is 0 Å². The lowest BCUT2D eigenvalue weighted by Crippen LogP contribution is -2.21. The molecule has 0 saturated heterocycles. The Morgan fingerprint density at radius 1 is 0.846 bits per heavy atom. The van der Waals surface area contributed by atoms with Gasteiger partial charge in [0.25, 0.3) is 0 Å². The summed E-state index contributed by atoms with van der Waals surface area (Å²) in [4.78, 5) is 12.5. The number of carbonyl (C=O) groups is 1. The van der Waals surface area contributed by atoms with Crippen molar-refractivity contribution in [3.8, 4) is 11.5 Å². The molecule has 3 N–H and O–H groups in total. The Labute approximate surface area is 156 Å². The fourth-order valence-electron chi connectivity index (χ4n) is 2.05. The van der Waals surface area contributed by atoms with Gasteiger partial charge in [-0.05, 0) is 48.5 Å². The molecule has 0 aliphatic carbocycles. The van der Waals surface area contributed by atoms with Crippen molar-refractivity contribution in [1.82, 2.24) is 0 Å². The lowest BCUT2D eigenvalue weighted by molar-refractivity contribution is 0.0536. The fourth-order valence-corrected chi connectivity index (χ4v) is 2.14. The van der Waals surface area contributed by atoms with Crippen molar-refractivity contribution in [3.05, 3.63) is 59.7 Å². The quantitative estimate of drug-likeness (QED) is 0.428. The first kappa shape index (κ1) is 20.2. The fraction of sp³-hybridized carbons (Fsp3) is 0.316. The minimum Gasteiger partial charge on any atom is -0.491 e. The van der Waals surface area contributed by atoms with Crippen molar-refractivity contribution in [1.29, 1.82) is 0 Å². The van der Waals surface area contributed by atoms with Gasteiger partial charge in [-0.25, -0.2) is 0 Å². The molecule has 0 spiro atoms. The highest BCUT2D eigenvalue weighted by Gasteiger charge is 2.10. The zero-order chi connectivity index (χ0) is 18.9. The van der Waals surface area contributed by atoms with Crippen LogP contribution in [0.15, 0.2) is 48.5 Å². The maximum atomic E-state index is 12.5. The van der Waals surface area contributed by atoms with Gasteiger partial charge in [0.05, 0.1) is 12.5 Å². The Kier molecular flexibility index (Phi) is 7.87. The predicted octanol–water partition coefficient (Wildman–Crippen LogP) is 1.63. The summed E-state index contributed by atoms with van der Waals surface area (Å²) in [5, 5.41) is 27.4. The van der Waals surface area contributed by atoms with E-state index in [0.717, 1.165) is 0 Å². The molecule has 0 amide bonds. The molecule has 0 radical (unpaired) electrons. The first-order valence-electron chi connectivity index (χ1n) is 8.07. The van der Waals surface area contributed by atoms with Gasteiger partial charge in [-0.2, -0.15) is 0 Å². The van der Waals surface area contributed by atoms with Crippen LogP contribution in [0, 0.1) is 0 Å². The molecule has 2 atom stereocenters. The third kappa shape index (κ3) is 6.00. The molecule has 0 aliphatic heterocycles. The van der Waals surface area contributed by atoms with E-state index >= 15 is 0 Å². The van der Waals surface area contributed by atoms with E-state index in [-0.39, 0.29) is 31.5 Å². The number of ketones is 1. The van der Waals surface area contributed by atoms with Crippen molar-refractivity contribution in [3.63, 3.8) is 0 Å². The summed E-state index contributed by atoms with van der Waals surface area (Å²) in [5.74, 6) is 0.974. The van der Waals surface area contributed by atoms with Gasteiger partial charge in [-0.15, -0.1) is 11.6 Å². The first-order chi connectivity index (χ1) is 12.5. The molecular weight excluding hydrogens is 360 g/mol. The van der Waals surface area contributed by atoms with E-state index in [4.69, 9.17) is 26.2 Å². The number of ether oxygens (including phenoxy) is 2. The van der Waals surface area contributed by atoms with Gasteiger partial charge in [0.2, 0.25) is 0 Å². The van der Waals surface area contributed by atoms with Crippen LogP contribution in [-0.4, -0.2) is 59.0 Å². The molecule has 2 aromatic rings. The van der Waals surface area contributed by atoms with Crippen molar-refractivity contribution in [2.75, 3.05) is 25.7 Å². The zero-order valence-corrected chi connectivity index (χ0v) is 14.8. The number of carbonyl (C=O) groups excluding carboxylic acids is 1. The number of hydrogen-bond donors (Lipinski definition) is 3. The second-order valence-corrected chi connectivity index (χ2v) is 5.95. The number of alkyl halides is 1. The maximum Gasteiger partial charge on any atom is 0.193 e. The average Bonchev–Trinajstić information content (AvgIpc) is 2.70. The molecule has 7 heteroatoms. The predicted molar refractivity (Wildman–Crippen MR) is 97.1 cm³/mol. The highest BCUT2D eigenvalue weighted by atomic mass is 35.5. The second kappa shape index (κ2) is 10.1. The van der Waals surface area contributed by atoms with Crippen LogP contribution in [-0.2, 0) is 0 Å². The van der Waals surface area contributed by atoms with E-state index in [9.17, 15) is 15.0 Å². The van der Waals surface area contributed by atoms with E-state index < -0.39 is 12.2 Å². The Balaban J connectivity index is 1.95. The maximum absolute atomic E-state index is 12.5. The molecule has 2 rings (SSSR count). The smallest absolute Gasteiger partial charge is 0.193 e. The molecule has 2 unspecified atom stereocenters. The molecule has 6 nitrogen and oxygen atoms in total. The van der Waals surface area contributed by atoms with E-state index in [1.807, 2.05) is 0 Å². The van der Waals surface area contributed by atoms with E-state index in [1.54, 1.807) is 48.5 Å². The summed E-state index contributed by atoms with van der Waals surface area (Å²) in [5.41, 5.74) is 0.992. The van der Waals surface area contributed by atoms with Gasteiger partial charge in [0, 0.05) is 11.1 Å². The molecule has 0 saturated carbocycles. The molecule has 0 bridgehead atoms. The average molecular weight is 381 g/mol. The lowest BCUT2D eigenvalue weighted by Gasteiger charge is -2.11. The van der Waals surface area contributed by atoms with Crippen LogP contribution in [0.5, 0.6) is 11.5 Å². The van der Waals surface area contributed by atoms with Crippen molar-refractivity contribution in [2.45, 2.75) is 12.2 Å². The van der Waals surface area contributed by atoms with E-state index in [0.29, 0.717) is 22.6 Å². The molecule has 26 heavy (non-hydrogen) atoms. The molecule has 2 aromatic carbocycles. The summed E-state index contributed by atoms with van der Waals surface area (Å²) in [6.07, 6.45) is -1.68. The van der Waals surface area contributed by atoms with Crippen LogP contribution in [0.2, 0.25) is 0 Å². The van der Waals surface area contributed by atoms with Gasteiger partial charge < -0.3 is 24.8 Å². The van der Waals surface area contributed by atoms with E-state index in [2.05, 4.69) is 0 Å². The van der Waals surface area contributed by atoms with Gasteiger partial charge in [0.1, 0.15) is 36.9 Å². The van der Waals surface area contributed by atoms with Crippen molar-refractivity contribution >= 4 is 17.4 Å². The second-order valence-electron chi connectivity index (χ2n) is 5.64. The topological polar surface area (TPSA) is 96.2 Å². The lowest BCUT2D eigenvalue weighted by atomic mass is 10.0. The molecule has 0 heterocycles. The van der Waals surface area contributed by atoms with Gasteiger partial charge in [0.15, 0.2) is 5.78 Å². The summed E-state index contributed by atoms with van der Waals surface area (Å²) in [7, 11) is 0. The largest absolute Gasteiger partial charge is 0.491 e. The normalized spacial score (nSPS) is 13.1. The number of aliphatic hydroxyl groups is 3. The number of hydrogen-bond acceptors (Lipinski definition) is 6. The SMILES string of the molecule is O=C(c1ccc(OCC(O)CO)cc1)c1ccc(OCC(O)CCl)cc1. The highest BCUT2D eigenvalue weighted by molar-refractivity contribution is 6.18. The molecule has 0 fully saturated rings. The Morgan fingerprint density at radius 2 is 1.27 bits per heavy atom. The van der Waals surface area contributed by atoms with Gasteiger partial charge in [-0.3, -0.25) is 4.79 Å². The van der Waals surface area contributed by atoms with Crippen LogP contribution >= 0.6 is 11.6 Å². The molecular formula is C19H21ClO6. The van der Waals surface area contributed by atoms with Crippen molar-refractivity contribution < 1.29 is 29.6 Å². The zero-order valence-electron chi connectivity index (χ0n) is 14.0. The summed E-state index contributed by atoms with van der Waals surface area (Å²) >= 11 is 5.50. The monoisotopic (exact) mass is 380 g/mol. The summed E-state index contributed by atoms with van der Waals surface area (Å²) in [6, 6.07) is 13.1. The third-order valence-electron chi connectivity index (χ3n) is 3.51. The number of halogens is 1. The van der Waals surface area contributed by atoms with Crippen LogP contribution in [0.4, 0.5) is 0 Å². The van der Waals surface area contributed by atoms with Crippen molar-refractivity contribution in [2.24, 2.45) is 0 Å². The van der Waals surface area contributed by atoms with Crippen LogP contribution in [0.25, 0.3) is 0 Å².